The van der Waals surface area contributed by atoms with E-state index in [-0.39, 0.29) is 6.57 Å². The Bertz CT molecular complexity index is 603. The van der Waals surface area contributed by atoms with Gasteiger partial charge in [0.1, 0.15) is 0 Å². The minimum atomic E-state index is -0.356. The maximum absolute atomic E-state index is 4.84. The van der Waals surface area contributed by atoms with Crippen LogP contribution in [0.1, 0.15) is 0 Å². The van der Waals surface area contributed by atoms with Gasteiger partial charge >= 0.3 is 0 Å². The molecule has 78 valence electrons. The average Bonchev–Trinajstić information content (AvgIpc) is 2.09. The molecule has 0 aromatic carbocycles. The first kappa shape index (κ1) is 15.9. The van der Waals surface area contributed by atoms with Crippen LogP contribution in [0.25, 0.3) is 0 Å². The van der Waals surface area contributed by atoms with Crippen LogP contribution in [0, 0.1) is 0 Å². The molecule has 0 saturated carbocycles. The van der Waals surface area contributed by atoms with Crippen molar-refractivity contribution < 1.29 is 0 Å². The van der Waals surface area contributed by atoms with Gasteiger partial charge < -0.3 is 0 Å². The van der Waals surface area contributed by atoms with Crippen molar-refractivity contribution in [1.82, 2.24) is 0 Å². The van der Waals surface area contributed by atoms with E-state index in [2.05, 4.69) is 0 Å². The van der Waals surface area contributed by atoms with Gasteiger partial charge in [0.25, 0.3) is 0 Å². The van der Waals surface area contributed by atoms with Crippen molar-refractivity contribution in [3.05, 3.63) is 0 Å². The van der Waals surface area contributed by atoms with Crippen LogP contribution in [0.5, 0.6) is 0 Å². The molecule has 0 aliphatic heterocycles. The zero-order chi connectivity index (χ0) is 9.94. The summed E-state index contributed by atoms with van der Waals surface area (Å²) in [5.74, 6) is 0. The van der Waals surface area contributed by atoms with Gasteiger partial charge in [-0.05, 0) is 0 Å². The molecule has 0 N–H and O–H groups in total. The predicted molar refractivity (Wildman–Crippen MR) is 95.7 cm³/mol. The van der Waals surface area contributed by atoms with Crippen LogP contribution in [-0.2, 0) is 120 Å². The fourth-order valence-corrected chi connectivity index (χ4v) is 24.8. The quantitative estimate of drug-likeness (QED) is 0.544. The Morgan fingerprint density at radius 3 is 1.62 bits per heavy atom. The van der Waals surface area contributed by atoms with Crippen LogP contribution in [-0.4, -0.2) is 0 Å². The molecule has 0 aromatic rings. The summed E-state index contributed by atoms with van der Waals surface area (Å²) in [5, 5.41) is 0. The number of hydrogen-bond donors (Lipinski definition) is 0. The van der Waals surface area contributed by atoms with E-state index >= 15 is 0 Å². The third-order valence-corrected chi connectivity index (χ3v) is 22.5. The Balaban J connectivity index is 5.67. The lowest BCUT2D eigenvalue weighted by Gasteiger charge is -1.40. The van der Waals surface area contributed by atoms with Gasteiger partial charge in [-0.15, -0.1) is 0 Å². The molecule has 0 amide bonds. The Hall–Kier alpha value is 2.86. The van der Waals surface area contributed by atoms with Crippen molar-refractivity contribution in [2.45, 2.75) is 0 Å². The first-order valence-electron chi connectivity index (χ1n) is 2.00. The monoisotopic (exact) mass is 416 g/mol. The lowest BCUT2D eigenvalue weighted by atomic mass is 30.7. The van der Waals surface area contributed by atoms with Crippen molar-refractivity contribution in [2.24, 2.45) is 0 Å². The zero-order valence-corrected chi connectivity index (χ0v) is 15.9. The number of hydrogen-bond acceptors (Lipinski definition) is 3. The van der Waals surface area contributed by atoms with Crippen molar-refractivity contribution in [1.29, 1.82) is 0 Å². The van der Waals surface area contributed by atoms with Gasteiger partial charge in [0.15, 0.2) is 0 Å². The van der Waals surface area contributed by atoms with Gasteiger partial charge in [-0.25, -0.2) is 0 Å². The fraction of sp³-hybridized carbons (Fsp3) is 0. The van der Waals surface area contributed by atoms with Crippen molar-refractivity contribution in [3.63, 3.8) is 0 Å². The average molecular weight is 417 g/mol. The predicted octanol–water partition coefficient (Wildman–Crippen LogP) is -0.0312. The van der Waals surface area contributed by atoms with E-state index in [1.165, 1.54) is 8.88 Å². The molecular weight excluding hydrogens is 417 g/mol. The topological polar surface area (TPSA) is 0 Å². The molecule has 13 heteroatoms. The molecule has 0 fully saturated rings. The molecule has 0 aromatic heterocycles. The highest BCUT2D eigenvalue weighted by atomic mass is 33.5. The maximum atomic E-state index is 4.84. The Morgan fingerprint density at radius 1 is 0.692 bits per heavy atom. The standard InChI is InChI=1S/S13/c1-4-5-6-7-8-9-10-11-12-13(2)3. The SMILES string of the molecule is S=S=S=S=S=S=S=S=S=S=S(=S)=S. The van der Waals surface area contributed by atoms with Gasteiger partial charge in [-0.3, -0.25) is 0 Å². The summed E-state index contributed by atoms with van der Waals surface area (Å²) in [7, 11) is 14.7. The van der Waals surface area contributed by atoms with Crippen LogP contribution in [0.3, 0.4) is 0 Å². The summed E-state index contributed by atoms with van der Waals surface area (Å²) in [6.45, 7) is -0.356. The van der Waals surface area contributed by atoms with Gasteiger partial charge in [-0.2, -0.15) is 0 Å². The highest BCUT2D eigenvalue weighted by Crippen LogP contribution is 1.41. The van der Waals surface area contributed by atoms with E-state index in [4.69, 9.17) is 33.6 Å². The van der Waals surface area contributed by atoms with Crippen molar-refractivity contribution >= 4 is 120 Å². The summed E-state index contributed by atoms with van der Waals surface area (Å²) in [5.41, 5.74) is 0. The van der Waals surface area contributed by atoms with E-state index in [9.17, 15) is 0 Å². The van der Waals surface area contributed by atoms with Gasteiger partial charge in [0.05, 0.1) is 0 Å². The van der Waals surface area contributed by atoms with E-state index < -0.39 is 0 Å². The summed E-state index contributed by atoms with van der Waals surface area (Å²) >= 11 is 14.4. The Morgan fingerprint density at radius 2 is 1.15 bits per heavy atom. The third-order valence-electron chi connectivity index (χ3n) is 0.278. The molecule has 0 bridgehead atoms. The van der Waals surface area contributed by atoms with Crippen LogP contribution >= 0.6 is 0 Å². The van der Waals surface area contributed by atoms with Gasteiger partial charge in [0, 0.05) is 120 Å². The van der Waals surface area contributed by atoms with Crippen molar-refractivity contribution in [2.75, 3.05) is 0 Å². The lowest BCUT2D eigenvalue weighted by Crippen LogP contribution is -1.40. The molecule has 13 heavy (non-hydrogen) atoms. The highest BCUT2D eigenvalue weighted by molar-refractivity contribution is 8.78. The molecule has 0 radical (unpaired) electrons. The molecular formula is S13. The lowest BCUT2D eigenvalue weighted by molar-refractivity contribution is 5.96. The van der Waals surface area contributed by atoms with Crippen LogP contribution in [0.4, 0.5) is 0 Å². The molecule has 0 rings (SSSR count). The first-order chi connectivity index (χ1) is 6.27. The molecule has 0 aliphatic carbocycles. The zero-order valence-electron chi connectivity index (χ0n) is 5.31. The smallest absolute Gasteiger partial charge is 0 e. The Kier molecular flexibility index (Phi) is 15.8. The largest absolute Gasteiger partial charge is 0 e. The second-order valence-electron chi connectivity index (χ2n) is 0.816. The fourth-order valence-electron chi connectivity index (χ4n) is 0.102. The number of rotatable bonds is 0. The van der Waals surface area contributed by atoms with Crippen LogP contribution in [0.15, 0.2) is 0 Å². The molecule has 0 atom stereocenters. The minimum absolute atomic E-state index is 0.356. The summed E-state index contributed by atoms with van der Waals surface area (Å²) < 4.78 is 0. The van der Waals surface area contributed by atoms with E-state index in [1.54, 1.807) is 71.0 Å². The maximum Gasteiger partial charge on any atom is 0 e. The summed E-state index contributed by atoms with van der Waals surface area (Å²) in [4.78, 5) is 0. The van der Waals surface area contributed by atoms with Crippen molar-refractivity contribution in [3.8, 4) is 0 Å². The highest BCUT2D eigenvalue weighted by Gasteiger charge is 1.41. The van der Waals surface area contributed by atoms with Crippen LogP contribution in [0.2, 0.25) is 0 Å². The molecule has 0 saturated heterocycles. The van der Waals surface area contributed by atoms with E-state index in [0.717, 1.165) is 0 Å². The van der Waals surface area contributed by atoms with Crippen LogP contribution < -0.4 is 0 Å². The summed E-state index contributed by atoms with van der Waals surface area (Å²) in [6, 6.07) is 0. The molecule has 0 heterocycles. The molecule has 0 spiro atoms. The van der Waals surface area contributed by atoms with Gasteiger partial charge in [-0.1, -0.05) is 0 Å². The third kappa shape index (κ3) is 14.9. The normalized spacial score (nSPS) is 7.38. The van der Waals surface area contributed by atoms with E-state index in [0.29, 0.717) is 0 Å². The molecule has 0 nitrogen and oxygen atoms in total. The second-order valence-corrected chi connectivity index (χ2v) is 22.0. The van der Waals surface area contributed by atoms with Gasteiger partial charge in [0.2, 0.25) is 0 Å². The first-order valence-corrected chi connectivity index (χ1v) is 18.0. The Labute approximate surface area is 117 Å². The second kappa shape index (κ2) is 12.9. The van der Waals surface area contributed by atoms with E-state index in [1.807, 2.05) is 0 Å². The molecule has 0 unspecified atom stereocenters. The summed E-state index contributed by atoms with van der Waals surface area (Å²) in [6.07, 6.45) is 0. The molecule has 0 aliphatic rings. The minimum Gasteiger partial charge on any atom is 0 e.